The van der Waals surface area contributed by atoms with Gasteiger partial charge >= 0.3 is 0 Å². The number of aromatic nitrogens is 2. The molecule has 0 aliphatic heterocycles. The zero-order chi connectivity index (χ0) is 17.1. The maximum absolute atomic E-state index is 5.59. The average molecular weight is 323 g/mol. The Morgan fingerprint density at radius 2 is 1.65 bits per heavy atom. The molecule has 0 aliphatic rings. The van der Waals surface area contributed by atoms with Gasteiger partial charge in [0.05, 0.1) is 18.3 Å². The van der Waals surface area contributed by atoms with Crippen LogP contribution in [0, 0.1) is 12.3 Å². The predicted octanol–water partition coefficient (Wildman–Crippen LogP) is 5.76. The van der Waals surface area contributed by atoms with Crippen LogP contribution in [0.3, 0.4) is 0 Å². The maximum atomic E-state index is 5.59. The lowest BCUT2D eigenvalue weighted by Crippen LogP contribution is -2.19. The SMILES string of the molecule is COC(CCCCCCCCCC(C)(C)C)Cn1ccc(C)n1. The lowest BCUT2D eigenvalue weighted by Gasteiger charge is -2.17. The molecule has 3 nitrogen and oxygen atoms in total. The highest BCUT2D eigenvalue weighted by atomic mass is 16.5. The molecule has 0 saturated heterocycles. The van der Waals surface area contributed by atoms with Gasteiger partial charge < -0.3 is 4.74 Å². The molecule has 1 rings (SSSR count). The Hall–Kier alpha value is -0.830. The summed E-state index contributed by atoms with van der Waals surface area (Å²) in [5.41, 5.74) is 1.58. The molecule has 0 saturated carbocycles. The third-order valence-electron chi connectivity index (χ3n) is 4.45. The van der Waals surface area contributed by atoms with E-state index in [0.29, 0.717) is 11.5 Å². The molecule has 0 amide bonds. The highest BCUT2D eigenvalue weighted by molar-refractivity contribution is 4.94. The topological polar surface area (TPSA) is 27.1 Å². The molecule has 23 heavy (non-hydrogen) atoms. The molecule has 1 atom stereocenters. The fourth-order valence-electron chi connectivity index (χ4n) is 2.97. The Kier molecular flexibility index (Phi) is 9.54. The second-order valence-electron chi connectivity index (χ2n) is 8.11. The van der Waals surface area contributed by atoms with Crippen molar-refractivity contribution in [3.05, 3.63) is 18.0 Å². The fraction of sp³-hybridized carbons (Fsp3) is 0.850. The van der Waals surface area contributed by atoms with E-state index < -0.39 is 0 Å². The molecule has 0 bridgehead atoms. The lowest BCUT2D eigenvalue weighted by atomic mass is 9.89. The molecule has 0 aromatic carbocycles. The Labute approximate surface area is 143 Å². The van der Waals surface area contributed by atoms with Crippen molar-refractivity contribution in [2.24, 2.45) is 5.41 Å². The third-order valence-corrected chi connectivity index (χ3v) is 4.45. The van der Waals surface area contributed by atoms with Crippen LogP contribution in [0.2, 0.25) is 0 Å². The molecule has 3 heteroatoms. The summed E-state index contributed by atoms with van der Waals surface area (Å²) >= 11 is 0. The highest BCUT2D eigenvalue weighted by Gasteiger charge is 2.09. The van der Waals surface area contributed by atoms with Crippen LogP contribution in [-0.4, -0.2) is 23.0 Å². The van der Waals surface area contributed by atoms with Crippen LogP contribution in [0.1, 0.15) is 84.3 Å². The van der Waals surface area contributed by atoms with E-state index in [1.807, 2.05) is 31.0 Å². The summed E-state index contributed by atoms with van der Waals surface area (Å²) in [5.74, 6) is 0. The number of nitrogens with zero attached hydrogens (tertiary/aromatic N) is 2. The van der Waals surface area contributed by atoms with E-state index in [-0.39, 0.29) is 0 Å². The average Bonchev–Trinajstić information content (AvgIpc) is 2.88. The van der Waals surface area contributed by atoms with Gasteiger partial charge in [-0.3, -0.25) is 4.68 Å². The van der Waals surface area contributed by atoms with Gasteiger partial charge in [-0.2, -0.15) is 5.10 Å². The van der Waals surface area contributed by atoms with Gasteiger partial charge in [0.15, 0.2) is 0 Å². The number of rotatable bonds is 12. The first kappa shape index (κ1) is 20.2. The molecule has 0 spiro atoms. The van der Waals surface area contributed by atoms with Crippen molar-refractivity contribution in [3.8, 4) is 0 Å². The molecule has 1 aromatic heterocycles. The molecular weight excluding hydrogens is 284 g/mol. The fourth-order valence-corrected chi connectivity index (χ4v) is 2.97. The van der Waals surface area contributed by atoms with Crippen LogP contribution < -0.4 is 0 Å². The lowest BCUT2D eigenvalue weighted by molar-refractivity contribution is 0.0751. The standard InChI is InChI=1S/C20H38N2O/c1-18-14-16-22(21-18)17-19(23-5)13-11-9-7-6-8-10-12-15-20(2,3)4/h14,16,19H,6-13,15,17H2,1-5H3. The molecule has 1 heterocycles. The van der Waals surface area contributed by atoms with Gasteiger partial charge in [-0.05, 0) is 31.2 Å². The normalized spacial score (nSPS) is 13.4. The van der Waals surface area contributed by atoms with Crippen molar-refractivity contribution in [1.82, 2.24) is 9.78 Å². The summed E-state index contributed by atoms with van der Waals surface area (Å²) in [6.45, 7) is 9.91. The maximum Gasteiger partial charge on any atom is 0.0767 e. The number of hydrogen-bond donors (Lipinski definition) is 0. The van der Waals surface area contributed by atoms with Gasteiger partial charge in [-0.15, -0.1) is 0 Å². The second-order valence-corrected chi connectivity index (χ2v) is 8.11. The first-order valence-corrected chi connectivity index (χ1v) is 9.43. The molecular formula is C20H38N2O. The number of ether oxygens (including phenoxy) is 1. The van der Waals surface area contributed by atoms with Crippen molar-refractivity contribution in [2.45, 2.75) is 98.1 Å². The second kappa shape index (κ2) is 10.9. The van der Waals surface area contributed by atoms with E-state index in [0.717, 1.165) is 18.7 Å². The minimum Gasteiger partial charge on any atom is -0.380 e. The Morgan fingerprint density at radius 1 is 1.04 bits per heavy atom. The van der Waals surface area contributed by atoms with Crippen LogP contribution in [0.5, 0.6) is 0 Å². The van der Waals surface area contributed by atoms with E-state index in [1.165, 1.54) is 51.4 Å². The van der Waals surface area contributed by atoms with Gasteiger partial charge in [-0.25, -0.2) is 0 Å². The number of hydrogen-bond acceptors (Lipinski definition) is 2. The molecule has 1 aromatic rings. The van der Waals surface area contributed by atoms with E-state index in [2.05, 4.69) is 25.9 Å². The summed E-state index contributed by atoms with van der Waals surface area (Å²) in [4.78, 5) is 0. The molecule has 1 unspecified atom stereocenters. The Morgan fingerprint density at radius 3 is 2.17 bits per heavy atom. The zero-order valence-corrected chi connectivity index (χ0v) is 16.1. The quantitative estimate of drug-likeness (QED) is 0.457. The minimum atomic E-state index is 0.293. The van der Waals surface area contributed by atoms with Crippen molar-refractivity contribution in [3.63, 3.8) is 0 Å². The number of methoxy groups -OCH3 is 1. The van der Waals surface area contributed by atoms with Crippen molar-refractivity contribution in [1.29, 1.82) is 0 Å². The number of aryl methyl sites for hydroxylation is 1. The van der Waals surface area contributed by atoms with Crippen LogP contribution in [-0.2, 0) is 11.3 Å². The smallest absolute Gasteiger partial charge is 0.0767 e. The van der Waals surface area contributed by atoms with Crippen LogP contribution in [0.25, 0.3) is 0 Å². The van der Waals surface area contributed by atoms with E-state index in [1.54, 1.807) is 0 Å². The summed E-state index contributed by atoms with van der Waals surface area (Å²) in [7, 11) is 1.82. The van der Waals surface area contributed by atoms with Gasteiger partial charge in [0.25, 0.3) is 0 Å². The molecule has 0 radical (unpaired) electrons. The van der Waals surface area contributed by atoms with Crippen molar-refractivity contribution in [2.75, 3.05) is 7.11 Å². The molecule has 134 valence electrons. The Balaban J connectivity index is 1.98. The van der Waals surface area contributed by atoms with Gasteiger partial charge in [-0.1, -0.05) is 65.7 Å². The van der Waals surface area contributed by atoms with Gasteiger partial charge in [0, 0.05) is 13.3 Å². The molecule has 0 aliphatic carbocycles. The minimum absolute atomic E-state index is 0.293. The largest absolute Gasteiger partial charge is 0.380 e. The predicted molar refractivity (Wildman–Crippen MR) is 98.8 cm³/mol. The van der Waals surface area contributed by atoms with E-state index >= 15 is 0 Å². The first-order valence-electron chi connectivity index (χ1n) is 9.43. The third kappa shape index (κ3) is 10.5. The van der Waals surface area contributed by atoms with Crippen molar-refractivity contribution < 1.29 is 4.74 Å². The first-order chi connectivity index (χ1) is 10.9. The van der Waals surface area contributed by atoms with Gasteiger partial charge in [0.2, 0.25) is 0 Å². The van der Waals surface area contributed by atoms with E-state index in [4.69, 9.17) is 4.74 Å². The summed E-state index contributed by atoms with van der Waals surface area (Å²) in [5, 5.41) is 4.44. The van der Waals surface area contributed by atoms with E-state index in [9.17, 15) is 0 Å². The van der Waals surface area contributed by atoms with Crippen LogP contribution in [0.15, 0.2) is 12.3 Å². The monoisotopic (exact) mass is 322 g/mol. The van der Waals surface area contributed by atoms with Crippen LogP contribution in [0.4, 0.5) is 0 Å². The zero-order valence-electron chi connectivity index (χ0n) is 16.1. The van der Waals surface area contributed by atoms with Crippen LogP contribution >= 0.6 is 0 Å². The summed E-state index contributed by atoms with van der Waals surface area (Å²) in [6, 6.07) is 2.05. The highest BCUT2D eigenvalue weighted by Crippen LogP contribution is 2.22. The summed E-state index contributed by atoms with van der Waals surface area (Å²) in [6.07, 6.45) is 14.4. The Bertz CT molecular complexity index is 406. The van der Waals surface area contributed by atoms with Gasteiger partial charge in [0.1, 0.15) is 0 Å². The summed E-state index contributed by atoms with van der Waals surface area (Å²) < 4.78 is 7.59. The number of unbranched alkanes of at least 4 members (excludes halogenated alkanes) is 6. The van der Waals surface area contributed by atoms with Crippen molar-refractivity contribution >= 4 is 0 Å². The molecule has 0 N–H and O–H groups in total. The molecule has 0 fully saturated rings.